The highest BCUT2D eigenvalue weighted by Gasteiger charge is 2.20. The summed E-state index contributed by atoms with van der Waals surface area (Å²) >= 11 is 0. The molecule has 0 fully saturated rings. The summed E-state index contributed by atoms with van der Waals surface area (Å²) in [5.74, 6) is -0.752. The van der Waals surface area contributed by atoms with Gasteiger partial charge in [0.1, 0.15) is 6.04 Å². The van der Waals surface area contributed by atoms with Gasteiger partial charge in [-0.2, -0.15) is 0 Å². The van der Waals surface area contributed by atoms with Crippen LogP contribution in [0, 0.1) is 0 Å². The Morgan fingerprint density at radius 3 is 2.79 bits per heavy atom. The van der Waals surface area contributed by atoms with Crippen LogP contribution < -0.4 is 5.32 Å². The van der Waals surface area contributed by atoms with Gasteiger partial charge in [0.05, 0.1) is 0 Å². The smallest absolute Gasteiger partial charge is 0.320 e. The minimum absolute atomic E-state index is 0.401. The van der Waals surface area contributed by atoms with Gasteiger partial charge >= 0.3 is 5.97 Å². The zero-order chi connectivity index (χ0) is 9.97. The molecule has 1 aromatic rings. The number of hydrogen-bond donors (Lipinski definition) is 2. The first-order chi connectivity index (χ1) is 6.77. The summed E-state index contributed by atoms with van der Waals surface area (Å²) in [7, 11) is 0. The lowest BCUT2D eigenvalue weighted by atomic mass is 10.0. The van der Waals surface area contributed by atoms with Crippen LogP contribution in [0.1, 0.15) is 17.5 Å². The van der Waals surface area contributed by atoms with Crippen molar-refractivity contribution in [2.75, 3.05) is 0 Å². The quantitative estimate of drug-likeness (QED) is 0.700. The Morgan fingerprint density at radius 1 is 1.36 bits per heavy atom. The average molecular weight is 191 g/mol. The van der Waals surface area contributed by atoms with Crippen LogP contribution in [0.25, 0.3) is 0 Å². The van der Waals surface area contributed by atoms with Crippen LogP contribution in [0.4, 0.5) is 0 Å². The SMILES string of the molecule is O=C(O)C1CCc2ccccc2CN1. The molecule has 0 amide bonds. The van der Waals surface area contributed by atoms with Crippen LogP contribution in [0.5, 0.6) is 0 Å². The van der Waals surface area contributed by atoms with Gasteiger partial charge in [-0.1, -0.05) is 24.3 Å². The Kier molecular flexibility index (Phi) is 2.50. The largest absolute Gasteiger partial charge is 0.480 e. The third-order valence-corrected chi connectivity index (χ3v) is 2.66. The molecule has 2 rings (SSSR count). The summed E-state index contributed by atoms with van der Waals surface area (Å²) in [6.45, 7) is 0.660. The molecule has 1 heterocycles. The minimum atomic E-state index is -0.752. The third kappa shape index (κ3) is 1.77. The van der Waals surface area contributed by atoms with Crippen molar-refractivity contribution in [1.82, 2.24) is 5.32 Å². The second kappa shape index (κ2) is 3.80. The van der Waals surface area contributed by atoms with E-state index in [4.69, 9.17) is 5.11 Å². The number of rotatable bonds is 1. The lowest BCUT2D eigenvalue weighted by Crippen LogP contribution is -2.35. The molecule has 0 radical (unpaired) electrons. The normalized spacial score (nSPS) is 21.0. The van der Waals surface area contributed by atoms with Crippen molar-refractivity contribution in [3.05, 3.63) is 35.4 Å². The van der Waals surface area contributed by atoms with Crippen molar-refractivity contribution >= 4 is 5.97 Å². The van der Waals surface area contributed by atoms with E-state index in [9.17, 15) is 4.79 Å². The highest BCUT2D eigenvalue weighted by molar-refractivity contribution is 5.73. The van der Waals surface area contributed by atoms with Gasteiger partial charge in [-0.15, -0.1) is 0 Å². The maximum Gasteiger partial charge on any atom is 0.320 e. The van der Waals surface area contributed by atoms with Gasteiger partial charge in [-0.25, -0.2) is 0 Å². The zero-order valence-electron chi connectivity index (χ0n) is 7.86. The summed E-state index contributed by atoms with van der Waals surface area (Å²) in [6, 6.07) is 7.71. The summed E-state index contributed by atoms with van der Waals surface area (Å²) in [5.41, 5.74) is 2.49. The van der Waals surface area contributed by atoms with Gasteiger partial charge in [-0.3, -0.25) is 4.79 Å². The molecule has 0 aliphatic carbocycles. The van der Waals surface area contributed by atoms with Crippen LogP contribution in [-0.4, -0.2) is 17.1 Å². The van der Waals surface area contributed by atoms with Crippen molar-refractivity contribution in [3.63, 3.8) is 0 Å². The number of hydrogen-bond acceptors (Lipinski definition) is 2. The fraction of sp³-hybridized carbons (Fsp3) is 0.364. The topological polar surface area (TPSA) is 49.3 Å². The summed E-state index contributed by atoms with van der Waals surface area (Å²) in [6.07, 6.45) is 1.52. The predicted octanol–water partition coefficient (Wildman–Crippen LogP) is 1.18. The van der Waals surface area contributed by atoms with Crippen LogP contribution >= 0.6 is 0 Å². The fourth-order valence-corrected chi connectivity index (χ4v) is 1.82. The number of aliphatic carboxylic acids is 1. The van der Waals surface area contributed by atoms with Crippen LogP contribution in [0.15, 0.2) is 24.3 Å². The van der Waals surface area contributed by atoms with E-state index in [1.807, 2.05) is 18.2 Å². The summed E-state index contributed by atoms with van der Waals surface area (Å²) < 4.78 is 0. The van der Waals surface area contributed by atoms with Crippen molar-refractivity contribution < 1.29 is 9.90 Å². The van der Waals surface area contributed by atoms with Gasteiger partial charge in [0.25, 0.3) is 0 Å². The maximum atomic E-state index is 10.8. The summed E-state index contributed by atoms with van der Waals surface area (Å²) in [4.78, 5) is 10.8. The van der Waals surface area contributed by atoms with Crippen molar-refractivity contribution in [3.8, 4) is 0 Å². The average Bonchev–Trinajstić information content (AvgIpc) is 2.39. The van der Waals surface area contributed by atoms with Crippen LogP contribution in [0.2, 0.25) is 0 Å². The molecular formula is C11H13NO2. The molecule has 74 valence electrons. The van der Waals surface area contributed by atoms with Gasteiger partial charge in [0.2, 0.25) is 0 Å². The molecule has 0 saturated carbocycles. The first kappa shape index (κ1) is 9.21. The monoisotopic (exact) mass is 191 g/mol. The molecule has 1 aromatic carbocycles. The first-order valence-electron chi connectivity index (χ1n) is 4.80. The molecule has 0 bridgehead atoms. The third-order valence-electron chi connectivity index (χ3n) is 2.66. The number of carbonyl (C=O) groups is 1. The van der Waals surface area contributed by atoms with E-state index in [-0.39, 0.29) is 0 Å². The van der Waals surface area contributed by atoms with Gasteiger partial charge < -0.3 is 10.4 Å². The van der Waals surface area contributed by atoms with E-state index in [1.54, 1.807) is 0 Å². The Bertz CT molecular complexity index is 322. The fourth-order valence-electron chi connectivity index (χ4n) is 1.82. The molecule has 3 nitrogen and oxygen atoms in total. The molecule has 3 heteroatoms. The van der Waals surface area contributed by atoms with Crippen molar-refractivity contribution in [2.45, 2.75) is 25.4 Å². The van der Waals surface area contributed by atoms with E-state index in [0.717, 1.165) is 6.42 Å². The van der Waals surface area contributed by atoms with Gasteiger partial charge in [-0.05, 0) is 24.0 Å². The molecule has 1 unspecified atom stereocenters. The van der Waals surface area contributed by atoms with E-state index in [0.29, 0.717) is 13.0 Å². The second-order valence-corrected chi connectivity index (χ2v) is 3.58. The molecule has 2 N–H and O–H groups in total. The maximum absolute atomic E-state index is 10.8. The standard InChI is InChI=1S/C11H13NO2/c13-11(14)10-6-5-8-3-1-2-4-9(8)7-12-10/h1-4,10,12H,5-7H2,(H,13,14). The molecule has 0 spiro atoms. The highest BCUT2D eigenvalue weighted by Crippen LogP contribution is 2.16. The van der Waals surface area contributed by atoms with Crippen molar-refractivity contribution in [1.29, 1.82) is 0 Å². The second-order valence-electron chi connectivity index (χ2n) is 3.58. The van der Waals surface area contributed by atoms with Crippen LogP contribution in [0.3, 0.4) is 0 Å². The summed E-state index contributed by atoms with van der Waals surface area (Å²) in [5, 5.41) is 11.9. The lowest BCUT2D eigenvalue weighted by molar-refractivity contribution is -0.139. The van der Waals surface area contributed by atoms with E-state index >= 15 is 0 Å². The molecule has 0 aromatic heterocycles. The highest BCUT2D eigenvalue weighted by atomic mass is 16.4. The van der Waals surface area contributed by atoms with Gasteiger partial charge in [0, 0.05) is 6.54 Å². The number of carboxylic acid groups (broad SMARTS) is 1. The van der Waals surface area contributed by atoms with E-state index in [2.05, 4.69) is 11.4 Å². The molecule has 0 saturated heterocycles. The number of aryl methyl sites for hydroxylation is 1. The molecular weight excluding hydrogens is 178 g/mol. The Balaban J connectivity index is 2.18. The number of benzene rings is 1. The molecule has 1 atom stereocenters. The Labute approximate surface area is 82.8 Å². The lowest BCUT2D eigenvalue weighted by Gasteiger charge is -2.08. The zero-order valence-corrected chi connectivity index (χ0v) is 7.86. The minimum Gasteiger partial charge on any atom is -0.480 e. The molecule has 1 aliphatic rings. The van der Waals surface area contributed by atoms with Crippen molar-refractivity contribution in [2.24, 2.45) is 0 Å². The predicted molar refractivity (Wildman–Crippen MR) is 53.0 cm³/mol. The van der Waals surface area contributed by atoms with E-state index < -0.39 is 12.0 Å². The van der Waals surface area contributed by atoms with Gasteiger partial charge in [0.15, 0.2) is 0 Å². The van der Waals surface area contributed by atoms with E-state index in [1.165, 1.54) is 11.1 Å². The Morgan fingerprint density at radius 2 is 2.07 bits per heavy atom. The Hall–Kier alpha value is -1.35. The first-order valence-corrected chi connectivity index (χ1v) is 4.80. The number of carboxylic acids is 1. The molecule has 1 aliphatic heterocycles. The number of nitrogens with one attached hydrogen (secondary N) is 1. The van der Waals surface area contributed by atoms with Crippen LogP contribution in [-0.2, 0) is 17.8 Å². The molecule has 14 heavy (non-hydrogen) atoms. The number of fused-ring (bicyclic) bond motifs is 1.